The molecule has 2 heterocycles. The van der Waals surface area contributed by atoms with Gasteiger partial charge >= 0.3 is 5.97 Å². The molecule has 27 heavy (non-hydrogen) atoms. The minimum Gasteiger partial charge on any atom is -0.457 e. The van der Waals surface area contributed by atoms with Crippen LogP contribution >= 0.6 is 0 Å². The van der Waals surface area contributed by atoms with Crippen LogP contribution in [0.4, 0.5) is 0 Å². The lowest BCUT2D eigenvalue weighted by molar-refractivity contribution is -0.179. The molecular formula is C22H36O5. The molecule has 5 nitrogen and oxygen atoms in total. The average molecular weight is 381 g/mol. The number of hydrogen-bond donors (Lipinski definition) is 2. The maximum absolute atomic E-state index is 11.9. The monoisotopic (exact) mass is 380 g/mol. The summed E-state index contributed by atoms with van der Waals surface area (Å²) in [4.78, 5) is 11.9. The number of aliphatic hydroxyl groups is 2. The fourth-order valence-corrected chi connectivity index (χ4v) is 5.90. The molecule has 3 aliphatic rings. The highest BCUT2D eigenvalue weighted by molar-refractivity contribution is 5.66. The standard InChI is InChI=1S/C22H36O5/c1-12(2)15-8-7-13(3)18-16-11-21(5,25)17(24)9-10-22(6,27-14(4)23)20(26-16)19(15)18/h12,15-20,24-25H,3,7-11H2,1-2,4-6H3/t15-,16+,17+,18-,19-,20+,21+,22-/m1/s1. The molecule has 3 rings (SSSR count). The number of hydrogen-bond acceptors (Lipinski definition) is 5. The molecular weight excluding hydrogens is 344 g/mol. The molecule has 5 heteroatoms. The molecule has 1 saturated carbocycles. The lowest BCUT2D eigenvalue weighted by atomic mass is 9.60. The quantitative estimate of drug-likeness (QED) is 0.568. The highest BCUT2D eigenvalue weighted by atomic mass is 16.6. The van der Waals surface area contributed by atoms with Crippen molar-refractivity contribution in [3.63, 3.8) is 0 Å². The number of carbonyl (C=O) groups is 1. The Hall–Kier alpha value is -0.910. The second kappa shape index (κ2) is 7.16. The Labute approximate surface area is 163 Å². The van der Waals surface area contributed by atoms with Gasteiger partial charge in [0.2, 0.25) is 0 Å². The normalized spacial score (nSPS) is 47.8. The molecule has 3 fully saturated rings. The summed E-state index contributed by atoms with van der Waals surface area (Å²) in [6, 6.07) is 0. The molecule has 154 valence electrons. The first-order chi connectivity index (χ1) is 12.5. The van der Waals surface area contributed by atoms with E-state index in [1.165, 1.54) is 12.5 Å². The van der Waals surface area contributed by atoms with Crippen LogP contribution in [-0.4, -0.2) is 45.7 Å². The molecule has 0 unspecified atom stereocenters. The Kier molecular flexibility index (Phi) is 5.52. The van der Waals surface area contributed by atoms with Crippen LogP contribution in [0.2, 0.25) is 0 Å². The predicted molar refractivity (Wildman–Crippen MR) is 103 cm³/mol. The third-order valence-corrected chi connectivity index (χ3v) is 7.33. The first-order valence-corrected chi connectivity index (χ1v) is 10.4. The van der Waals surface area contributed by atoms with Crippen molar-refractivity contribution in [3.05, 3.63) is 12.2 Å². The minimum absolute atomic E-state index is 0.128. The second-order valence-corrected chi connectivity index (χ2v) is 9.83. The molecule has 2 saturated heterocycles. The van der Waals surface area contributed by atoms with E-state index in [0.29, 0.717) is 31.1 Å². The molecule has 0 aromatic rings. The van der Waals surface area contributed by atoms with Gasteiger partial charge in [-0.15, -0.1) is 0 Å². The van der Waals surface area contributed by atoms with Gasteiger partial charge in [-0.3, -0.25) is 4.79 Å². The smallest absolute Gasteiger partial charge is 0.303 e. The van der Waals surface area contributed by atoms with Crippen LogP contribution in [0.25, 0.3) is 0 Å². The minimum atomic E-state index is -1.24. The van der Waals surface area contributed by atoms with Crippen molar-refractivity contribution in [3.8, 4) is 0 Å². The molecule has 8 atom stereocenters. The summed E-state index contributed by atoms with van der Waals surface area (Å²) in [6.45, 7) is 13.9. The number of rotatable bonds is 2. The molecule has 2 N–H and O–H groups in total. The summed E-state index contributed by atoms with van der Waals surface area (Å²) < 4.78 is 12.4. The SMILES string of the molecule is C=C1CC[C@H](C(C)C)[C@@H]2[C@H]1[C@@H]1C[C@](C)(O)[C@@H](O)CC[C@@](C)(OC(C)=O)[C@H]2O1. The topological polar surface area (TPSA) is 76.0 Å². The van der Waals surface area contributed by atoms with E-state index in [-0.39, 0.29) is 30.0 Å². The summed E-state index contributed by atoms with van der Waals surface area (Å²) in [5, 5.41) is 21.5. The molecule has 1 aliphatic carbocycles. The lowest BCUT2D eigenvalue weighted by Crippen LogP contribution is -2.51. The van der Waals surface area contributed by atoms with E-state index in [4.69, 9.17) is 9.47 Å². The van der Waals surface area contributed by atoms with E-state index in [1.54, 1.807) is 6.92 Å². The number of aliphatic hydroxyl groups excluding tert-OH is 1. The fraction of sp³-hybridized carbons (Fsp3) is 0.864. The zero-order chi connectivity index (χ0) is 20.1. The Morgan fingerprint density at radius 3 is 2.59 bits per heavy atom. The van der Waals surface area contributed by atoms with Crippen LogP contribution in [-0.2, 0) is 14.3 Å². The lowest BCUT2D eigenvalue weighted by Gasteiger charge is -2.45. The van der Waals surface area contributed by atoms with E-state index >= 15 is 0 Å². The Morgan fingerprint density at radius 1 is 1.33 bits per heavy atom. The Bertz CT molecular complexity index is 598. The molecule has 0 amide bonds. The van der Waals surface area contributed by atoms with Crippen molar-refractivity contribution in [1.29, 1.82) is 0 Å². The predicted octanol–water partition coefficient (Wildman–Crippen LogP) is 3.23. The van der Waals surface area contributed by atoms with Crippen molar-refractivity contribution in [2.75, 3.05) is 0 Å². The number of fused-ring (bicyclic) bond motifs is 5. The third-order valence-electron chi connectivity index (χ3n) is 7.33. The summed E-state index contributed by atoms with van der Waals surface area (Å²) >= 11 is 0. The van der Waals surface area contributed by atoms with Crippen LogP contribution in [0.1, 0.15) is 66.7 Å². The summed E-state index contributed by atoms with van der Waals surface area (Å²) in [5.41, 5.74) is -0.896. The number of carbonyl (C=O) groups excluding carboxylic acids is 1. The first kappa shape index (κ1) is 20.8. The van der Waals surface area contributed by atoms with Gasteiger partial charge in [0, 0.05) is 25.2 Å². The molecule has 2 bridgehead atoms. The second-order valence-electron chi connectivity index (χ2n) is 9.83. The fourth-order valence-electron chi connectivity index (χ4n) is 5.90. The van der Waals surface area contributed by atoms with Crippen LogP contribution in [0.5, 0.6) is 0 Å². The van der Waals surface area contributed by atoms with Gasteiger partial charge in [0.15, 0.2) is 0 Å². The van der Waals surface area contributed by atoms with Gasteiger partial charge in [-0.25, -0.2) is 0 Å². The zero-order valence-corrected chi connectivity index (χ0v) is 17.4. The van der Waals surface area contributed by atoms with Gasteiger partial charge in [0.1, 0.15) is 11.7 Å². The Morgan fingerprint density at radius 2 is 2.00 bits per heavy atom. The van der Waals surface area contributed by atoms with Gasteiger partial charge in [0.25, 0.3) is 0 Å². The maximum Gasteiger partial charge on any atom is 0.303 e. The molecule has 0 spiro atoms. The first-order valence-electron chi connectivity index (χ1n) is 10.4. The van der Waals surface area contributed by atoms with E-state index in [9.17, 15) is 15.0 Å². The van der Waals surface area contributed by atoms with Crippen LogP contribution in [0.3, 0.4) is 0 Å². The molecule has 0 radical (unpaired) electrons. The zero-order valence-electron chi connectivity index (χ0n) is 17.4. The van der Waals surface area contributed by atoms with Gasteiger partial charge in [0.05, 0.1) is 17.8 Å². The van der Waals surface area contributed by atoms with E-state index in [2.05, 4.69) is 20.4 Å². The molecule has 2 aliphatic heterocycles. The van der Waals surface area contributed by atoms with Crippen molar-refractivity contribution >= 4 is 5.97 Å². The van der Waals surface area contributed by atoms with E-state index in [0.717, 1.165) is 12.8 Å². The van der Waals surface area contributed by atoms with Crippen LogP contribution < -0.4 is 0 Å². The number of esters is 1. The van der Waals surface area contributed by atoms with Crippen LogP contribution in [0, 0.1) is 23.7 Å². The Balaban J connectivity index is 2.08. The van der Waals surface area contributed by atoms with Gasteiger partial charge in [-0.1, -0.05) is 26.0 Å². The average Bonchev–Trinajstić information content (AvgIpc) is 2.92. The molecule has 0 aromatic carbocycles. The third kappa shape index (κ3) is 3.70. The van der Waals surface area contributed by atoms with Crippen molar-refractivity contribution in [1.82, 2.24) is 0 Å². The van der Waals surface area contributed by atoms with Gasteiger partial charge in [-0.2, -0.15) is 0 Å². The van der Waals surface area contributed by atoms with Gasteiger partial charge < -0.3 is 19.7 Å². The van der Waals surface area contributed by atoms with Gasteiger partial charge in [-0.05, 0) is 51.4 Å². The van der Waals surface area contributed by atoms with Crippen LogP contribution in [0.15, 0.2) is 12.2 Å². The summed E-state index contributed by atoms with van der Waals surface area (Å²) in [5.74, 6) is 0.956. The van der Waals surface area contributed by atoms with Crippen molar-refractivity contribution in [2.24, 2.45) is 23.7 Å². The highest BCUT2D eigenvalue weighted by Crippen LogP contribution is 2.55. The summed E-state index contributed by atoms with van der Waals surface area (Å²) in [6.07, 6.45) is 1.88. The van der Waals surface area contributed by atoms with E-state index < -0.39 is 17.3 Å². The van der Waals surface area contributed by atoms with E-state index in [1.807, 2.05) is 6.92 Å². The van der Waals surface area contributed by atoms with Crippen molar-refractivity contribution < 1.29 is 24.5 Å². The maximum atomic E-state index is 11.9. The highest BCUT2D eigenvalue weighted by Gasteiger charge is 2.60. The molecule has 0 aromatic heterocycles. The number of ether oxygens (including phenoxy) is 2. The summed E-state index contributed by atoms with van der Waals surface area (Å²) in [7, 11) is 0. The largest absolute Gasteiger partial charge is 0.457 e. The van der Waals surface area contributed by atoms with Crippen molar-refractivity contribution in [2.45, 2.75) is 96.2 Å².